The van der Waals surface area contributed by atoms with Gasteiger partial charge in [-0.1, -0.05) is 25.7 Å². The molecule has 1 N–H and O–H groups in total. The lowest BCUT2D eigenvalue weighted by Crippen LogP contribution is -2.44. The molecule has 1 spiro atoms. The molecule has 0 radical (unpaired) electrons. The molecular formula is C16H26O3. The second-order valence-corrected chi connectivity index (χ2v) is 6.88. The van der Waals surface area contributed by atoms with Crippen LogP contribution in [0, 0.1) is 17.8 Å². The zero-order valence-corrected chi connectivity index (χ0v) is 11.8. The lowest BCUT2D eigenvalue weighted by molar-refractivity contribution is -0.149. The van der Waals surface area contributed by atoms with Gasteiger partial charge in [-0.05, 0) is 50.4 Å². The minimum Gasteiger partial charge on any atom is -0.481 e. The van der Waals surface area contributed by atoms with Gasteiger partial charge in [-0.25, -0.2) is 0 Å². The second kappa shape index (κ2) is 5.43. The Bertz CT molecular complexity index is 327. The molecule has 1 saturated heterocycles. The van der Waals surface area contributed by atoms with Gasteiger partial charge in [0.15, 0.2) is 0 Å². The van der Waals surface area contributed by atoms with Crippen molar-refractivity contribution in [2.24, 2.45) is 17.8 Å². The molecule has 3 rings (SSSR count). The van der Waals surface area contributed by atoms with Crippen LogP contribution in [0.2, 0.25) is 0 Å². The van der Waals surface area contributed by atoms with E-state index in [-0.39, 0.29) is 11.5 Å². The van der Waals surface area contributed by atoms with Crippen molar-refractivity contribution in [3.05, 3.63) is 0 Å². The molecule has 3 heteroatoms. The summed E-state index contributed by atoms with van der Waals surface area (Å²) in [6.45, 7) is 0.855. The highest BCUT2D eigenvalue weighted by Gasteiger charge is 2.45. The van der Waals surface area contributed by atoms with Crippen LogP contribution in [-0.4, -0.2) is 23.3 Å². The number of hydrogen-bond acceptors (Lipinski definition) is 2. The average molecular weight is 266 g/mol. The largest absolute Gasteiger partial charge is 0.481 e. The third kappa shape index (κ3) is 2.67. The van der Waals surface area contributed by atoms with Crippen molar-refractivity contribution in [2.45, 2.75) is 69.8 Å². The molecule has 3 atom stereocenters. The van der Waals surface area contributed by atoms with Crippen molar-refractivity contribution < 1.29 is 14.6 Å². The molecule has 0 amide bonds. The molecule has 1 heterocycles. The summed E-state index contributed by atoms with van der Waals surface area (Å²) in [5, 5.41) is 9.38. The first-order valence-corrected chi connectivity index (χ1v) is 8.07. The van der Waals surface area contributed by atoms with Crippen LogP contribution in [0.15, 0.2) is 0 Å². The zero-order valence-electron chi connectivity index (χ0n) is 11.8. The van der Waals surface area contributed by atoms with Gasteiger partial charge in [-0.2, -0.15) is 0 Å². The van der Waals surface area contributed by atoms with E-state index in [1.807, 2.05) is 0 Å². The van der Waals surface area contributed by atoms with Crippen LogP contribution in [0.4, 0.5) is 0 Å². The normalized spacial score (nSPS) is 38.4. The van der Waals surface area contributed by atoms with Crippen LogP contribution in [0.3, 0.4) is 0 Å². The smallest absolute Gasteiger partial charge is 0.306 e. The summed E-state index contributed by atoms with van der Waals surface area (Å²) in [4.78, 5) is 11.4. The summed E-state index contributed by atoms with van der Waals surface area (Å²) >= 11 is 0. The number of hydrogen-bond donors (Lipinski definition) is 1. The molecule has 3 aliphatic rings. The van der Waals surface area contributed by atoms with Crippen LogP contribution in [-0.2, 0) is 9.53 Å². The van der Waals surface area contributed by atoms with Gasteiger partial charge in [0.2, 0.25) is 0 Å². The Morgan fingerprint density at radius 2 is 1.84 bits per heavy atom. The predicted octanol–water partition coefficient (Wildman–Crippen LogP) is 3.62. The fraction of sp³-hybridized carbons (Fsp3) is 0.938. The minimum absolute atomic E-state index is 0.0799. The summed E-state index contributed by atoms with van der Waals surface area (Å²) in [6.07, 6.45) is 11.7. The van der Waals surface area contributed by atoms with Gasteiger partial charge in [0, 0.05) is 6.61 Å². The second-order valence-electron chi connectivity index (χ2n) is 6.88. The monoisotopic (exact) mass is 266 g/mol. The molecule has 0 aromatic carbocycles. The standard InChI is InChI=1S/C16H26O3/c17-15(18)14-6-4-5-13(14)12-7-10-19-16(11-12)8-2-1-3-9-16/h12-14H,1-11H2,(H,17,18). The van der Waals surface area contributed by atoms with E-state index in [0.29, 0.717) is 11.8 Å². The van der Waals surface area contributed by atoms with Crippen molar-refractivity contribution in [2.75, 3.05) is 6.61 Å². The molecule has 0 aromatic heterocycles. The Hall–Kier alpha value is -0.570. The van der Waals surface area contributed by atoms with Crippen molar-refractivity contribution in [1.29, 1.82) is 0 Å². The molecule has 0 bridgehead atoms. The van der Waals surface area contributed by atoms with Crippen LogP contribution >= 0.6 is 0 Å². The Kier molecular flexibility index (Phi) is 3.84. The maximum absolute atomic E-state index is 11.4. The van der Waals surface area contributed by atoms with Gasteiger partial charge in [0.05, 0.1) is 11.5 Å². The number of carboxylic acids is 1. The van der Waals surface area contributed by atoms with Crippen molar-refractivity contribution >= 4 is 5.97 Å². The number of carbonyl (C=O) groups is 1. The van der Waals surface area contributed by atoms with E-state index >= 15 is 0 Å². The summed E-state index contributed by atoms with van der Waals surface area (Å²) in [5.74, 6) is 0.367. The van der Waals surface area contributed by atoms with E-state index in [4.69, 9.17) is 4.74 Å². The third-order valence-corrected chi connectivity index (χ3v) is 5.79. The summed E-state index contributed by atoms with van der Waals surface area (Å²) in [5.41, 5.74) is 0.118. The van der Waals surface area contributed by atoms with E-state index in [0.717, 1.165) is 38.7 Å². The number of aliphatic carboxylic acids is 1. The first kappa shape index (κ1) is 13.4. The van der Waals surface area contributed by atoms with Gasteiger partial charge in [0.1, 0.15) is 0 Å². The third-order valence-electron chi connectivity index (χ3n) is 5.79. The molecule has 2 saturated carbocycles. The maximum atomic E-state index is 11.4. The predicted molar refractivity (Wildman–Crippen MR) is 73.0 cm³/mol. The van der Waals surface area contributed by atoms with Crippen LogP contribution < -0.4 is 0 Å². The molecule has 0 aromatic rings. The highest BCUT2D eigenvalue weighted by molar-refractivity contribution is 5.70. The van der Waals surface area contributed by atoms with E-state index < -0.39 is 5.97 Å². The fourth-order valence-corrected chi connectivity index (χ4v) is 4.84. The summed E-state index contributed by atoms with van der Waals surface area (Å²) < 4.78 is 6.14. The molecule has 3 fully saturated rings. The fourth-order valence-electron chi connectivity index (χ4n) is 4.84. The highest BCUT2D eigenvalue weighted by atomic mass is 16.5. The molecule has 108 valence electrons. The maximum Gasteiger partial charge on any atom is 0.306 e. The van der Waals surface area contributed by atoms with Crippen LogP contribution in [0.1, 0.15) is 64.2 Å². The molecule has 3 nitrogen and oxygen atoms in total. The Morgan fingerprint density at radius 1 is 1.05 bits per heavy atom. The van der Waals surface area contributed by atoms with Gasteiger partial charge in [0.25, 0.3) is 0 Å². The first-order chi connectivity index (χ1) is 9.20. The van der Waals surface area contributed by atoms with Crippen molar-refractivity contribution in [3.8, 4) is 0 Å². The molecular weight excluding hydrogens is 240 g/mol. The van der Waals surface area contributed by atoms with E-state index in [2.05, 4.69) is 0 Å². The van der Waals surface area contributed by atoms with E-state index in [1.54, 1.807) is 0 Å². The molecule has 1 aliphatic heterocycles. The summed E-state index contributed by atoms with van der Waals surface area (Å²) in [7, 11) is 0. The minimum atomic E-state index is -0.563. The highest BCUT2D eigenvalue weighted by Crippen LogP contribution is 2.47. The summed E-state index contributed by atoms with van der Waals surface area (Å²) in [6, 6.07) is 0. The van der Waals surface area contributed by atoms with Crippen molar-refractivity contribution in [3.63, 3.8) is 0 Å². The van der Waals surface area contributed by atoms with E-state index in [9.17, 15) is 9.90 Å². The van der Waals surface area contributed by atoms with Gasteiger partial charge >= 0.3 is 5.97 Å². The number of ether oxygens (including phenoxy) is 1. The van der Waals surface area contributed by atoms with Gasteiger partial charge < -0.3 is 9.84 Å². The number of carboxylic acid groups (broad SMARTS) is 1. The number of rotatable bonds is 2. The Morgan fingerprint density at radius 3 is 2.58 bits per heavy atom. The quantitative estimate of drug-likeness (QED) is 0.830. The lowest BCUT2D eigenvalue weighted by Gasteiger charge is -2.45. The van der Waals surface area contributed by atoms with Gasteiger partial charge in [-0.3, -0.25) is 4.79 Å². The lowest BCUT2D eigenvalue weighted by atomic mass is 9.70. The molecule has 19 heavy (non-hydrogen) atoms. The van der Waals surface area contributed by atoms with Crippen molar-refractivity contribution in [1.82, 2.24) is 0 Å². The molecule has 3 unspecified atom stereocenters. The first-order valence-electron chi connectivity index (χ1n) is 8.07. The molecule has 2 aliphatic carbocycles. The van der Waals surface area contributed by atoms with Gasteiger partial charge in [-0.15, -0.1) is 0 Å². The SMILES string of the molecule is O=C(O)C1CCCC1C1CCOC2(CCCCC2)C1. The topological polar surface area (TPSA) is 46.5 Å². The van der Waals surface area contributed by atoms with Crippen LogP contribution in [0.5, 0.6) is 0 Å². The Labute approximate surface area is 115 Å². The average Bonchev–Trinajstić information content (AvgIpc) is 2.89. The van der Waals surface area contributed by atoms with E-state index in [1.165, 1.54) is 32.1 Å². The van der Waals surface area contributed by atoms with Crippen LogP contribution in [0.25, 0.3) is 0 Å². The zero-order chi connectivity index (χ0) is 13.3. The Balaban J connectivity index is 1.69.